The Morgan fingerprint density at radius 1 is 1.42 bits per heavy atom. The second kappa shape index (κ2) is 8.44. The molecule has 0 spiro atoms. The zero-order valence-electron chi connectivity index (χ0n) is 15.0. The molecule has 2 aromatic rings. The summed E-state index contributed by atoms with van der Waals surface area (Å²) in [6.45, 7) is 3.57. The SMILES string of the molecule is CSCc1ccc(C(=O)N2CCC[C@H](CNC(=O)c3cc(C)on3)C2)o1. The van der Waals surface area contributed by atoms with Crippen LogP contribution >= 0.6 is 11.8 Å². The van der Waals surface area contributed by atoms with Gasteiger partial charge >= 0.3 is 0 Å². The second-order valence-corrected chi connectivity index (χ2v) is 7.36. The van der Waals surface area contributed by atoms with Gasteiger partial charge in [-0.1, -0.05) is 5.16 Å². The summed E-state index contributed by atoms with van der Waals surface area (Å²) >= 11 is 1.65. The van der Waals surface area contributed by atoms with Crippen molar-refractivity contribution in [1.82, 2.24) is 15.4 Å². The quantitative estimate of drug-likeness (QED) is 0.833. The van der Waals surface area contributed by atoms with Crippen LogP contribution in [0.3, 0.4) is 0 Å². The molecule has 3 rings (SSSR count). The number of nitrogens with zero attached hydrogens (tertiary/aromatic N) is 2. The predicted molar refractivity (Wildman–Crippen MR) is 98.1 cm³/mol. The van der Waals surface area contributed by atoms with Crippen LogP contribution < -0.4 is 5.32 Å². The smallest absolute Gasteiger partial charge is 0.289 e. The number of likely N-dealkylation sites (tertiary alicyclic amines) is 1. The molecule has 8 heteroatoms. The van der Waals surface area contributed by atoms with E-state index in [1.807, 2.05) is 17.2 Å². The molecule has 1 aliphatic heterocycles. The Kier molecular flexibility index (Phi) is 6.03. The molecular formula is C18H23N3O4S. The van der Waals surface area contributed by atoms with E-state index in [4.69, 9.17) is 8.94 Å². The lowest BCUT2D eigenvalue weighted by molar-refractivity contribution is 0.0637. The van der Waals surface area contributed by atoms with Crippen molar-refractivity contribution in [3.63, 3.8) is 0 Å². The van der Waals surface area contributed by atoms with Gasteiger partial charge in [0.25, 0.3) is 11.8 Å². The van der Waals surface area contributed by atoms with E-state index in [0.29, 0.717) is 31.2 Å². The number of aryl methyl sites for hydroxylation is 1. The van der Waals surface area contributed by atoms with E-state index in [9.17, 15) is 9.59 Å². The molecule has 0 aliphatic carbocycles. The summed E-state index contributed by atoms with van der Waals surface area (Å²) in [5.41, 5.74) is 0.281. The van der Waals surface area contributed by atoms with E-state index >= 15 is 0 Å². The van der Waals surface area contributed by atoms with Crippen LogP contribution in [0.15, 0.2) is 27.1 Å². The molecule has 1 saturated heterocycles. The van der Waals surface area contributed by atoms with Crippen LogP contribution in [0.25, 0.3) is 0 Å². The van der Waals surface area contributed by atoms with Gasteiger partial charge in [-0.25, -0.2) is 0 Å². The maximum Gasteiger partial charge on any atom is 0.289 e. The van der Waals surface area contributed by atoms with Crippen molar-refractivity contribution in [1.29, 1.82) is 0 Å². The molecule has 1 atom stereocenters. The van der Waals surface area contributed by atoms with Crippen molar-refractivity contribution in [2.24, 2.45) is 5.92 Å². The Morgan fingerprint density at radius 3 is 3.00 bits per heavy atom. The minimum atomic E-state index is -0.252. The van der Waals surface area contributed by atoms with Crippen molar-refractivity contribution < 1.29 is 18.5 Å². The van der Waals surface area contributed by atoms with Crippen molar-refractivity contribution in [3.8, 4) is 0 Å². The van der Waals surface area contributed by atoms with E-state index in [1.54, 1.807) is 30.8 Å². The number of thioether (sulfide) groups is 1. The average molecular weight is 377 g/mol. The first kappa shape index (κ1) is 18.6. The first-order valence-electron chi connectivity index (χ1n) is 8.65. The van der Waals surface area contributed by atoms with Crippen LogP contribution in [0, 0.1) is 12.8 Å². The minimum Gasteiger partial charge on any atom is -0.455 e. The van der Waals surface area contributed by atoms with Crippen LogP contribution in [-0.4, -0.2) is 47.8 Å². The van der Waals surface area contributed by atoms with Crippen molar-refractivity contribution in [3.05, 3.63) is 41.2 Å². The number of carbonyl (C=O) groups is 2. The van der Waals surface area contributed by atoms with Gasteiger partial charge in [-0.2, -0.15) is 11.8 Å². The third-order valence-corrected chi connectivity index (χ3v) is 4.95. The van der Waals surface area contributed by atoms with Gasteiger partial charge < -0.3 is 19.2 Å². The van der Waals surface area contributed by atoms with Crippen LogP contribution in [0.5, 0.6) is 0 Å². The fourth-order valence-corrected chi connectivity index (χ4v) is 3.53. The molecule has 1 fully saturated rings. The molecule has 7 nitrogen and oxygen atoms in total. The highest BCUT2D eigenvalue weighted by Gasteiger charge is 2.26. The highest BCUT2D eigenvalue weighted by atomic mass is 32.2. The summed E-state index contributed by atoms with van der Waals surface area (Å²) in [6.07, 6.45) is 3.87. The molecule has 0 aromatic carbocycles. The van der Waals surface area contributed by atoms with Crippen molar-refractivity contribution in [2.75, 3.05) is 25.9 Å². The lowest BCUT2D eigenvalue weighted by Crippen LogP contribution is -2.43. The Morgan fingerprint density at radius 2 is 2.27 bits per heavy atom. The van der Waals surface area contributed by atoms with E-state index in [1.165, 1.54) is 0 Å². The Hall–Kier alpha value is -2.22. The van der Waals surface area contributed by atoms with Gasteiger partial charge in [-0.15, -0.1) is 0 Å². The van der Waals surface area contributed by atoms with Crippen LogP contribution in [0.2, 0.25) is 0 Å². The van der Waals surface area contributed by atoms with Gasteiger partial charge in [0.15, 0.2) is 11.5 Å². The van der Waals surface area contributed by atoms with Crippen molar-refractivity contribution in [2.45, 2.75) is 25.5 Å². The minimum absolute atomic E-state index is 0.0829. The maximum absolute atomic E-state index is 12.6. The number of piperidine rings is 1. The fourth-order valence-electron chi connectivity index (χ4n) is 3.09. The van der Waals surface area contributed by atoms with E-state index < -0.39 is 0 Å². The number of rotatable bonds is 6. The summed E-state index contributed by atoms with van der Waals surface area (Å²) in [6, 6.07) is 5.20. The predicted octanol–water partition coefficient (Wildman–Crippen LogP) is 2.72. The molecule has 0 unspecified atom stereocenters. The summed E-state index contributed by atoms with van der Waals surface area (Å²) in [4.78, 5) is 26.5. The van der Waals surface area contributed by atoms with Gasteiger partial charge in [0, 0.05) is 25.7 Å². The zero-order valence-corrected chi connectivity index (χ0v) is 15.8. The number of hydrogen-bond acceptors (Lipinski definition) is 6. The largest absolute Gasteiger partial charge is 0.455 e. The van der Waals surface area contributed by atoms with Crippen LogP contribution in [0.4, 0.5) is 0 Å². The lowest BCUT2D eigenvalue weighted by atomic mass is 9.97. The average Bonchev–Trinajstić information content (AvgIpc) is 3.29. The number of hydrogen-bond donors (Lipinski definition) is 1. The first-order valence-corrected chi connectivity index (χ1v) is 10.0. The van der Waals surface area contributed by atoms with E-state index in [0.717, 1.165) is 24.4 Å². The van der Waals surface area contributed by atoms with Crippen LogP contribution in [-0.2, 0) is 5.75 Å². The van der Waals surface area contributed by atoms with Gasteiger partial charge in [-0.05, 0) is 44.1 Å². The zero-order chi connectivity index (χ0) is 18.5. The number of amides is 2. The highest BCUT2D eigenvalue weighted by molar-refractivity contribution is 7.97. The Labute approximate surface area is 156 Å². The molecular weight excluding hydrogens is 354 g/mol. The molecule has 1 N–H and O–H groups in total. The van der Waals surface area contributed by atoms with Gasteiger partial charge in [0.1, 0.15) is 11.5 Å². The summed E-state index contributed by atoms with van der Waals surface area (Å²) < 4.78 is 10.6. The molecule has 0 bridgehead atoms. The molecule has 26 heavy (non-hydrogen) atoms. The van der Waals surface area contributed by atoms with Crippen molar-refractivity contribution >= 4 is 23.6 Å². The molecule has 3 heterocycles. The topological polar surface area (TPSA) is 88.6 Å². The lowest BCUT2D eigenvalue weighted by Gasteiger charge is -2.32. The number of aromatic nitrogens is 1. The molecule has 2 amide bonds. The van der Waals surface area contributed by atoms with E-state index in [2.05, 4.69) is 10.5 Å². The fraction of sp³-hybridized carbons (Fsp3) is 0.500. The Bertz CT molecular complexity index is 770. The monoisotopic (exact) mass is 377 g/mol. The second-order valence-electron chi connectivity index (χ2n) is 6.49. The number of carbonyl (C=O) groups excluding carboxylic acids is 2. The number of furan rings is 1. The molecule has 1 aliphatic rings. The summed E-state index contributed by atoms with van der Waals surface area (Å²) in [7, 11) is 0. The van der Waals surface area contributed by atoms with Gasteiger partial charge in [0.05, 0.1) is 5.75 Å². The first-order chi connectivity index (χ1) is 12.6. The van der Waals surface area contributed by atoms with E-state index in [-0.39, 0.29) is 23.4 Å². The maximum atomic E-state index is 12.6. The van der Waals surface area contributed by atoms with Crippen LogP contribution in [0.1, 0.15) is 45.4 Å². The molecule has 2 aromatic heterocycles. The van der Waals surface area contributed by atoms with Gasteiger partial charge in [0.2, 0.25) is 0 Å². The number of nitrogens with one attached hydrogen (secondary N) is 1. The third-order valence-electron chi connectivity index (χ3n) is 4.38. The standard InChI is InChI=1S/C18H23N3O4S/c1-12-8-15(20-25-12)17(22)19-9-13-4-3-7-21(10-13)18(23)16-6-5-14(24-16)11-26-2/h5-6,8,13H,3-4,7,9-11H2,1-2H3,(H,19,22)/t13-/m1/s1. The summed E-state index contributed by atoms with van der Waals surface area (Å²) in [5.74, 6) is 2.43. The molecule has 0 saturated carbocycles. The molecule has 0 radical (unpaired) electrons. The Balaban J connectivity index is 1.53. The normalized spacial score (nSPS) is 17.3. The summed E-state index contributed by atoms with van der Waals surface area (Å²) in [5, 5.41) is 6.59. The molecule has 140 valence electrons. The third kappa shape index (κ3) is 4.49. The highest BCUT2D eigenvalue weighted by Crippen LogP contribution is 2.20. The van der Waals surface area contributed by atoms with Gasteiger partial charge in [-0.3, -0.25) is 9.59 Å².